The van der Waals surface area contributed by atoms with E-state index in [9.17, 15) is 4.79 Å². The van der Waals surface area contributed by atoms with Crippen LogP contribution in [0.5, 0.6) is 0 Å². The van der Waals surface area contributed by atoms with Gasteiger partial charge in [0.2, 0.25) is 5.91 Å². The standard InChI is InChI=1S/C14H21N3O/c1-10-5-12(9-16-8-10)14(18)17-13-4-2-3-11(6-13)7-15/h2-4,6,10,12,16H,5,7-9,15H2,1H3,(H,17,18)/t10-,12-/m1/s1. The molecule has 1 aromatic rings. The van der Waals surface area contributed by atoms with E-state index in [0.717, 1.165) is 30.8 Å². The summed E-state index contributed by atoms with van der Waals surface area (Å²) in [6.07, 6.45) is 0.954. The highest BCUT2D eigenvalue weighted by molar-refractivity contribution is 5.92. The number of carbonyl (C=O) groups excluding carboxylic acids is 1. The molecule has 1 heterocycles. The Morgan fingerprint density at radius 3 is 3.06 bits per heavy atom. The number of amides is 1. The highest BCUT2D eigenvalue weighted by atomic mass is 16.1. The molecule has 0 aliphatic carbocycles. The van der Waals surface area contributed by atoms with E-state index >= 15 is 0 Å². The van der Waals surface area contributed by atoms with E-state index in [1.54, 1.807) is 0 Å². The molecule has 1 aliphatic heterocycles. The van der Waals surface area contributed by atoms with Crippen molar-refractivity contribution in [1.29, 1.82) is 0 Å². The number of hydrogen-bond acceptors (Lipinski definition) is 3. The molecule has 4 heteroatoms. The molecule has 0 radical (unpaired) electrons. The SMILES string of the molecule is C[C@H]1CNC[C@H](C(=O)Nc2cccc(CN)c2)C1. The molecule has 2 atom stereocenters. The highest BCUT2D eigenvalue weighted by Crippen LogP contribution is 2.18. The molecule has 2 rings (SSSR count). The first-order valence-corrected chi connectivity index (χ1v) is 6.49. The lowest BCUT2D eigenvalue weighted by molar-refractivity contribution is -0.120. The molecule has 0 aromatic heterocycles. The van der Waals surface area contributed by atoms with Gasteiger partial charge in [-0.2, -0.15) is 0 Å². The van der Waals surface area contributed by atoms with Gasteiger partial charge in [0.05, 0.1) is 5.92 Å². The monoisotopic (exact) mass is 247 g/mol. The Bertz CT molecular complexity index is 419. The number of benzene rings is 1. The molecule has 0 spiro atoms. The lowest BCUT2D eigenvalue weighted by Crippen LogP contribution is -2.40. The van der Waals surface area contributed by atoms with Crippen LogP contribution in [-0.4, -0.2) is 19.0 Å². The molecule has 0 unspecified atom stereocenters. The zero-order chi connectivity index (χ0) is 13.0. The van der Waals surface area contributed by atoms with E-state index in [2.05, 4.69) is 17.6 Å². The van der Waals surface area contributed by atoms with Crippen molar-refractivity contribution >= 4 is 11.6 Å². The van der Waals surface area contributed by atoms with Gasteiger partial charge in [-0.05, 0) is 36.6 Å². The van der Waals surface area contributed by atoms with Gasteiger partial charge in [-0.15, -0.1) is 0 Å². The summed E-state index contributed by atoms with van der Waals surface area (Å²) < 4.78 is 0. The average molecular weight is 247 g/mol. The predicted molar refractivity (Wildman–Crippen MR) is 73.1 cm³/mol. The fraction of sp³-hybridized carbons (Fsp3) is 0.500. The van der Waals surface area contributed by atoms with Crippen LogP contribution in [0.2, 0.25) is 0 Å². The molecule has 18 heavy (non-hydrogen) atoms. The van der Waals surface area contributed by atoms with Gasteiger partial charge in [-0.3, -0.25) is 4.79 Å². The van der Waals surface area contributed by atoms with Gasteiger partial charge in [-0.25, -0.2) is 0 Å². The minimum absolute atomic E-state index is 0.0651. The van der Waals surface area contributed by atoms with Crippen LogP contribution in [0, 0.1) is 11.8 Å². The maximum Gasteiger partial charge on any atom is 0.228 e. The van der Waals surface area contributed by atoms with Crippen molar-refractivity contribution in [2.75, 3.05) is 18.4 Å². The molecule has 1 saturated heterocycles. The summed E-state index contributed by atoms with van der Waals surface area (Å²) in [5.74, 6) is 0.725. The Balaban J connectivity index is 1.97. The minimum Gasteiger partial charge on any atom is -0.326 e. The summed E-state index contributed by atoms with van der Waals surface area (Å²) in [4.78, 5) is 12.1. The summed E-state index contributed by atoms with van der Waals surface area (Å²) in [7, 11) is 0. The lowest BCUT2D eigenvalue weighted by Gasteiger charge is -2.26. The summed E-state index contributed by atoms with van der Waals surface area (Å²) >= 11 is 0. The molecule has 4 nitrogen and oxygen atoms in total. The van der Waals surface area contributed by atoms with Crippen molar-refractivity contribution in [3.8, 4) is 0 Å². The third-order valence-electron chi connectivity index (χ3n) is 3.37. The molecular weight excluding hydrogens is 226 g/mol. The Morgan fingerprint density at radius 2 is 2.33 bits per heavy atom. The topological polar surface area (TPSA) is 67.2 Å². The maximum atomic E-state index is 12.1. The molecule has 1 amide bonds. The number of piperidine rings is 1. The van der Waals surface area contributed by atoms with E-state index in [-0.39, 0.29) is 11.8 Å². The van der Waals surface area contributed by atoms with Crippen molar-refractivity contribution in [1.82, 2.24) is 5.32 Å². The van der Waals surface area contributed by atoms with Crippen LogP contribution in [0.3, 0.4) is 0 Å². The fourth-order valence-electron chi connectivity index (χ4n) is 2.38. The largest absolute Gasteiger partial charge is 0.326 e. The van der Waals surface area contributed by atoms with Gasteiger partial charge in [0.1, 0.15) is 0 Å². The molecule has 1 aliphatic rings. The predicted octanol–water partition coefficient (Wildman–Crippen LogP) is 1.33. The van der Waals surface area contributed by atoms with Crippen LogP contribution in [-0.2, 0) is 11.3 Å². The number of nitrogens with one attached hydrogen (secondary N) is 2. The van der Waals surface area contributed by atoms with Crippen molar-refractivity contribution in [2.24, 2.45) is 17.6 Å². The van der Waals surface area contributed by atoms with Gasteiger partial charge in [0.15, 0.2) is 0 Å². The van der Waals surface area contributed by atoms with Gasteiger partial charge in [-0.1, -0.05) is 19.1 Å². The second-order valence-electron chi connectivity index (χ2n) is 5.09. The number of hydrogen-bond donors (Lipinski definition) is 3. The fourth-order valence-corrected chi connectivity index (χ4v) is 2.38. The first kappa shape index (κ1) is 13.1. The van der Waals surface area contributed by atoms with Gasteiger partial charge in [0, 0.05) is 18.8 Å². The van der Waals surface area contributed by atoms with Gasteiger partial charge < -0.3 is 16.4 Å². The molecule has 98 valence electrons. The number of anilines is 1. The van der Waals surface area contributed by atoms with E-state index in [0.29, 0.717) is 12.5 Å². The summed E-state index contributed by atoms with van der Waals surface area (Å²) in [5, 5.41) is 6.27. The summed E-state index contributed by atoms with van der Waals surface area (Å²) in [6.45, 7) is 4.44. The molecule has 0 bridgehead atoms. The number of nitrogens with two attached hydrogens (primary N) is 1. The molecular formula is C14H21N3O. The Kier molecular flexibility index (Phi) is 4.33. The number of carbonyl (C=O) groups is 1. The Hall–Kier alpha value is -1.39. The van der Waals surface area contributed by atoms with Gasteiger partial charge in [0.25, 0.3) is 0 Å². The maximum absolute atomic E-state index is 12.1. The van der Waals surface area contributed by atoms with Crippen LogP contribution in [0.4, 0.5) is 5.69 Å². The quantitative estimate of drug-likeness (QED) is 0.755. The lowest BCUT2D eigenvalue weighted by atomic mass is 9.91. The third-order valence-corrected chi connectivity index (χ3v) is 3.37. The van der Waals surface area contributed by atoms with E-state index in [4.69, 9.17) is 5.73 Å². The summed E-state index contributed by atoms with van der Waals surface area (Å²) in [5.41, 5.74) is 7.45. The highest BCUT2D eigenvalue weighted by Gasteiger charge is 2.24. The average Bonchev–Trinajstić information content (AvgIpc) is 2.39. The Labute approximate surface area is 108 Å². The molecule has 0 saturated carbocycles. The van der Waals surface area contributed by atoms with E-state index in [1.807, 2.05) is 24.3 Å². The van der Waals surface area contributed by atoms with Crippen molar-refractivity contribution in [3.05, 3.63) is 29.8 Å². The zero-order valence-corrected chi connectivity index (χ0v) is 10.8. The van der Waals surface area contributed by atoms with Crippen molar-refractivity contribution < 1.29 is 4.79 Å². The second-order valence-corrected chi connectivity index (χ2v) is 5.09. The van der Waals surface area contributed by atoms with Crippen LogP contribution >= 0.6 is 0 Å². The first-order valence-electron chi connectivity index (χ1n) is 6.49. The Morgan fingerprint density at radius 1 is 1.50 bits per heavy atom. The van der Waals surface area contributed by atoms with Crippen molar-refractivity contribution in [2.45, 2.75) is 19.9 Å². The molecule has 4 N–H and O–H groups in total. The van der Waals surface area contributed by atoms with Gasteiger partial charge >= 0.3 is 0 Å². The van der Waals surface area contributed by atoms with Crippen LogP contribution in [0.15, 0.2) is 24.3 Å². The molecule has 1 fully saturated rings. The van der Waals surface area contributed by atoms with Crippen LogP contribution in [0.1, 0.15) is 18.9 Å². The van der Waals surface area contributed by atoms with Crippen LogP contribution < -0.4 is 16.4 Å². The van der Waals surface area contributed by atoms with E-state index < -0.39 is 0 Å². The van der Waals surface area contributed by atoms with E-state index in [1.165, 1.54) is 0 Å². The second kappa shape index (κ2) is 5.98. The smallest absolute Gasteiger partial charge is 0.228 e. The first-order chi connectivity index (χ1) is 8.69. The molecule has 1 aromatic carbocycles. The summed E-state index contributed by atoms with van der Waals surface area (Å²) in [6, 6.07) is 7.70. The number of rotatable bonds is 3. The normalized spacial score (nSPS) is 23.7. The van der Waals surface area contributed by atoms with Crippen LogP contribution in [0.25, 0.3) is 0 Å². The minimum atomic E-state index is 0.0651. The van der Waals surface area contributed by atoms with Crippen molar-refractivity contribution in [3.63, 3.8) is 0 Å². The zero-order valence-electron chi connectivity index (χ0n) is 10.8. The third kappa shape index (κ3) is 3.31.